The summed E-state index contributed by atoms with van der Waals surface area (Å²) in [7, 11) is -4.74. The molecule has 3 N–H and O–H groups in total. The van der Waals surface area contributed by atoms with E-state index in [1.807, 2.05) is 0 Å². The molecule has 0 spiro atoms. The average Bonchev–Trinajstić information content (AvgIpc) is 2.25. The Labute approximate surface area is 118 Å². The van der Waals surface area contributed by atoms with Gasteiger partial charge in [0.25, 0.3) is 0 Å². The molecule has 0 fully saturated rings. The number of nitrogens with two attached hydrogens (primary N) is 1. The zero-order valence-corrected chi connectivity index (χ0v) is 13.2. The van der Waals surface area contributed by atoms with Gasteiger partial charge in [-0.1, -0.05) is 15.9 Å². The fourth-order valence-electron chi connectivity index (χ4n) is 1.19. The summed E-state index contributed by atoms with van der Waals surface area (Å²) in [5.74, 6) is 0. The molecule has 8 heteroatoms. The summed E-state index contributed by atoms with van der Waals surface area (Å²) in [5.41, 5.74) is 5.83. The lowest BCUT2D eigenvalue weighted by Crippen LogP contribution is -2.33. The van der Waals surface area contributed by atoms with Crippen molar-refractivity contribution in [2.75, 3.05) is 18.5 Å². The summed E-state index contributed by atoms with van der Waals surface area (Å²) < 4.78 is 38.2. The van der Waals surface area contributed by atoms with E-state index in [2.05, 4.69) is 20.7 Å². The standard InChI is InChI=1S/C10H15BrN2O3S2/c1-7(17(2)14)6-13-18(15,16)10-4-3-8(11)5-9(10)12/h3-5,7,13H,6,12H2,1-2H3. The van der Waals surface area contributed by atoms with Gasteiger partial charge in [0, 0.05) is 33.3 Å². The average molecular weight is 355 g/mol. The Morgan fingerprint density at radius 2 is 2.11 bits per heavy atom. The third-order valence-electron chi connectivity index (χ3n) is 2.39. The molecular formula is C10H15BrN2O3S2. The van der Waals surface area contributed by atoms with Gasteiger partial charge in [-0.25, -0.2) is 13.1 Å². The van der Waals surface area contributed by atoms with E-state index in [-0.39, 0.29) is 22.4 Å². The van der Waals surface area contributed by atoms with Crippen LogP contribution in [0.15, 0.2) is 27.6 Å². The number of anilines is 1. The second-order valence-corrected chi connectivity index (χ2v) is 8.30. The van der Waals surface area contributed by atoms with Crippen molar-refractivity contribution in [3.8, 4) is 0 Å². The minimum atomic E-state index is -3.67. The lowest BCUT2D eigenvalue weighted by molar-refractivity contribution is 0.581. The number of benzene rings is 1. The number of halogens is 1. The van der Waals surface area contributed by atoms with Gasteiger partial charge in [-0.2, -0.15) is 0 Å². The highest BCUT2D eigenvalue weighted by Gasteiger charge is 2.19. The van der Waals surface area contributed by atoms with E-state index in [9.17, 15) is 12.6 Å². The van der Waals surface area contributed by atoms with Crippen LogP contribution in [0.25, 0.3) is 0 Å². The second kappa shape index (κ2) is 6.14. The van der Waals surface area contributed by atoms with Crippen LogP contribution in [0.3, 0.4) is 0 Å². The fraction of sp³-hybridized carbons (Fsp3) is 0.400. The fourth-order valence-corrected chi connectivity index (χ4v) is 3.23. The van der Waals surface area contributed by atoms with E-state index >= 15 is 0 Å². The zero-order chi connectivity index (χ0) is 13.9. The predicted molar refractivity (Wildman–Crippen MR) is 77.3 cm³/mol. The summed E-state index contributed by atoms with van der Waals surface area (Å²) in [4.78, 5) is 0.0276. The van der Waals surface area contributed by atoms with E-state index < -0.39 is 20.8 Å². The van der Waals surface area contributed by atoms with Crippen LogP contribution in [0, 0.1) is 0 Å². The SMILES string of the molecule is CC(CNS(=O)(=O)c1ccc(Br)cc1N)S(C)=O. The first-order chi connectivity index (χ1) is 8.24. The summed E-state index contributed by atoms with van der Waals surface area (Å²) in [6.07, 6.45) is 1.53. The van der Waals surface area contributed by atoms with Crippen molar-refractivity contribution in [3.05, 3.63) is 22.7 Å². The number of sulfonamides is 1. The van der Waals surface area contributed by atoms with Gasteiger partial charge in [-0.15, -0.1) is 0 Å². The van der Waals surface area contributed by atoms with Gasteiger partial charge < -0.3 is 5.73 Å². The molecule has 18 heavy (non-hydrogen) atoms. The number of hydrogen-bond acceptors (Lipinski definition) is 4. The Morgan fingerprint density at radius 3 is 2.61 bits per heavy atom. The van der Waals surface area contributed by atoms with Gasteiger partial charge in [0.15, 0.2) is 0 Å². The van der Waals surface area contributed by atoms with Crippen molar-refractivity contribution in [3.63, 3.8) is 0 Å². The van der Waals surface area contributed by atoms with Crippen LogP contribution in [0.1, 0.15) is 6.92 Å². The molecule has 102 valence electrons. The normalized spacial score (nSPS) is 15.3. The first-order valence-corrected chi connectivity index (χ1v) is 9.00. The summed E-state index contributed by atoms with van der Waals surface area (Å²) in [5, 5.41) is -0.253. The van der Waals surface area contributed by atoms with E-state index in [1.54, 1.807) is 13.0 Å². The molecule has 1 aromatic carbocycles. The van der Waals surface area contributed by atoms with Gasteiger partial charge in [-0.05, 0) is 25.1 Å². The van der Waals surface area contributed by atoms with Crippen molar-refractivity contribution < 1.29 is 12.6 Å². The van der Waals surface area contributed by atoms with Crippen LogP contribution in [-0.2, 0) is 20.8 Å². The third kappa shape index (κ3) is 4.04. The van der Waals surface area contributed by atoms with E-state index in [4.69, 9.17) is 5.73 Å². The lowest BCUT2D eigenvalue weighted by Gasteiger charge is -2.12. The highest BCUT2D eigenvalue weighted by molar-refractivity contribution is 9.10. The zero-order valence-electron chi connectivity index (χ0n) is 10.0. The van der Waals surface area contributed by atoms with Crippen LogP contribution < -0.4 is 10.5 Å². The van der Waals surface area contributed by atoms with E-state index in [0.29, 0.717) is 4.47 Å². The molecule has 0 heterocycles. The summed E-state index contributed by atoms with van der Waals surface area (Å²) in [6.45, 7) is 1.82. The van der Waals surface area contributed by atoms with Crippen LogP contribution in [0.5, 0.6) is 0 Å². The van der Waals surface area contributed by atoms with Gasteiger partial charge >= 0.3 is 0 Å². The van der Waals surface area contributed by atoms with Crippen LogP contribution in [0.2, 0.25) is 0 Å². The summed E-state index contributed by atoms with van der Waals surface area (Å²) >= 11 is 3.21. The molecule has 0 aliphatic heterocycles. The van der Waals surface area contributed by atoms with Gasteiger partial charge in [0.1, 0.15) is 4.90 Å². The predicted octanol–water partition coefficient (Wildman–Crippen LogP) is 1.08. The Morgan fingerprint density at radius 1 is 1.50 bits per heavy atom. The third-order valence-corrected chi connectivity index (χ3v) is 5.68. The smallest absolute Gasteiger partial charge is 0.242 e. The maximum Gasteiger partial charge on any atom is 0.242 e. The largest absolute Gasteiger partial charge is 0.398 e. The molecule has 0 saturated carbocycles. The van der Waals surface area contributed by atoms with Gasteiger partial charge in [-0.3, -0.25) is 4.21 Å². The maximum absolute atomic E-state index is 12.0. The van der Waals surface area contributed by atoms with Crippen molar-refractivity contribution in [2.24, 2.45) is 0 Å². The second-order valence-electron chi connectivity index (χ2n) is 3.84. The molecule has 5 nitrogen and oxygen atoms in total. The molecule has 1 rings (SSSR count). The first-order valence-electron chi connectivity index (χ1n) is 5.11. The first kappa shape index (κ1) is 15.6. The topological polar surface area (TPSA) is 89.3 Å². The molecule has 0 radical (unpaired) electrons. The van der Waals surface area contributed by atoms with E-state index in [1.165, 1.54) is 18.4 Å². The number of nitrogens with one attached hydrogen (secondary N) is 1. The van der Waals surface area contributed by atoms with Crippen LogP contribution >= 0.6 is 15.9 Å². The molecule has 1 aromatic rings. The van der Waals surface area contributed by atoms with Gasteiger partial charge in [0.2, 0.25) is 10.0 Å². The highest BCUT2D eigenvalue weighted by atomic mass is 79.9. The highest BCUT2D eigenvalue weighted by Crippen LogP contribution is 2.22. The Bertz CT molecular complexity index is 560. The Kier molecular flexibility index (Phi) is 5.32. The Hall–Kier alpha value is -0.440. The van der Waals surface area contributed by atoms with Gasteiger partial charge in [0.05, 0.1) is 5.69 Å². The summed E-state index contributed by atoms with van der Waals surface area (Å²) in [6, 6.07) is 4.55. The molecule has 0 aromatic heterocycles. The molecule has 0 bridgehead atoms. The van der Waals surface area contributed by atoms with Crippen LogP contribution in [-0.4, -0.2) is 30.7 Å². The van der Waals surface area contributed by atoms with Crippen molar-refractivity contribution >= 4 is 42.4 Å². The molecule has 0 amide bonds. The molecule has 2 unspecified atom stereocenters. The minimum absolute atomic E-state index is 0.0276. The Balaban J connectivity index is 2.90. The van der Waals surface area contributed by atoms with Crippen LogP contribution in [0.4, 0.5) is 5.69 Å². The molecule has 0 aliphatic rings. The maximum atomic E-state index is 12.0. The van der Waals surface area contributed by atoms with E-state index in [0.717, 1.165) is 0 Å². The number of rotatable bonds is 5. The molecular weight excluding hydrogens is 340 g/mol. The minimum Gasteiger partial charge on any atom is -0.398 e. The molecule has 2 atom stereocenters. The molecule has 0 saturated heterocycles. The quantitative estimate of drug-likeness (QED) is 0.774. The number of nitrogen functional groups attached to an aromatic ring is 1. The van der Waals surface area contributed by atoms with Crippen molar-refractivity contribution in [2.45, 2.75) is 17.1 Å². The lowest BCUT2D eigenvalue weighted by atomic mass is 10.3. The molecule has 0 aliphatic carbocycles. The van der Waals surface area contributed by atoms with Crippen molar-refractivity contribution in [1.29, 1.82) is 0 Å². The number of hydrogen-bond donors (Lipinski definition) is 2. The monoisotopic (exact) mass is 354 g/mol. The van der Waals surface area contributed by atoms with Crippen molar-refractivity contribution in [1.82, 2.24) is 4.72 Å².